The first-order valence-corrected chi connectivity index (χ1v) is 12.4. The lowest BCUT2D eigenvalue weighted by Gasteiger charge is -2.15. The highest BCUT2D eigenvalue weighted by Crippen LogP contribution is 2.28. The minimum Gasteiger partial charge on any atom is -0.342 e. The minimum absolute atomic E-state index is 0.116. The molecule has 1 aromatic heterocycles. The molecule has 2 aromatic carbocycles. The van der Waals surface area contributed by atoms with Crippen molar-refractivity contribution in [3.8, 4) is 0 Å². The van der Waals surface area contributed by atoms with Crippen molar-refractivity contribution in [1.82, 2.24) is 20.1 Å². The van der Waals surface area contributed by atoms with Crippen LogP contribution in [0.2, 0.25) is 0 Å². The zero-order valence-electron chi connectivity index (χ0n) is 19.3. The van der Waals surface area contributed by atoms with Gasteiger partial charge in [0.15, 0.2) is 11.0 Å². The van der Waals surface area contributed by atoms with E-state index in [9.17, 15) is 9.59 Å². The molecule has 33 heavy (non-hydrogen) atoms. The number of benzene rings is 2. The number of thioether (sulfide) groups is 1. The summed E-state index contributed by atoms with van der Waals surface area (Å²) in [4.78, 5) is 25.1. The number of carbonyl (C=O) groups is 2. The predicted molar refractivity (Wildman–Crippen MR) is 136 cm³/mol. The molecule has 7 nitrogen and oxygen atoms in total. The first kappa shape index (κ1) is 25.0. The van der Waals surface area contributed by atoms with E-state index in [0.29, 0.717) is 16.5 Å². The predicted octanol–water partition coefficient (Wildman–Crippen LogP) is 5.23. The van der Waals surface area contributed by atoms with Gasteiger partial charge in [0.25, 0.3) is 5.91 Å². The van der Waals surface area contributed by atoms with E-state index in [0.717, 1.165) is 21.3 Å². The van der Waals surface area contributed by atoms with Gasteiger partial charge < -0.3 is 15.2 Å². The molecular formula is C24H28BrN5O2S. The summed E-state index contributed by atoms with van der Waals surface area (Å²) in [5.41, 5.74) is 3.50. The molecule has 0 saturated heterocycles. The Morgan fingerprint density at radius 1 is 1.12 bits per heavy atom. The Balaban J connectivity index is 1.61. The maximum absolute atomic E-state index is 12.6. The van der Waals surface area contributed by atoms with Gasteiger partial charge in [-0.1, -0.05) is 59.2 Å². The van der Waals surface area contributed by atoms with Crippen LogP contribution in [0.4, 0.5) is 5.69 Å². The number of nitrogens with one attached hydrogen (secondary N) is 2. The van der Waals surface area contributed by atoms with Gasteiger partial charge in [0.05, 0.1) is 11.8 Å². The van der Waals surface area contributed by atoms with Crippen LogP contribution in [0, 0.1) is 6.92 Å². The van der Waals surface area contributed by atoms with E-state index in [1.807, 2.05) is 57.3 Å². The van der Waals surface area contributed by atoms with Crippen molar-refractivity contribution < 1.29 is 9.59 Å². The number of rotatable bonds is 8. The molecule has 2 amide bonds. The first-order valence-electron chi connectivity index (χ1n) is 10.6. The van der Waals surface area contributed by atoms with Crippen LogP contribution in [-0.4, -0.2) is 32.3 Å². The number of amides is 2. The smallest absolute Gasteiger partial charge is 0.251 e. The second-order valence-electron chi connectivity index (χ2n) is 8.19. The molecule has 0 aliphatic rings. The van der Waals surface area contributed by atoms with Crippen molar-refractivity contribution in [3.63, 3.8) is 0 Å². The average Bonchev–Trinajstić information content (AvgIpc) is 3.13. The number of anilines is 1. The maximum Gasteiger partial charge on any atom is 0.251 e. The Kier molecular flexibility index (Phi) is 8.31. The van der Waals surface area contributed by atoms with Gasteiger partial charge in [-0.15, -0.1) is 10.2 Å². The summed E-state index contributed by atoms with van der Waals surface area (Å²) >= 11 is 4.79. The molecule has 0 saturated carbocycles. The highest BCUT2D eigenvalue weighted by Gasteiger charge is 2.19. The molecule has 3 rings (SSSR count). The Morgan fingerprint density at radius 2 is 1.88 bits per heavy atom. The number of hydrogen-bond donors (Lipinski definition) is 2. The second kappa shape index (κ2) is 11.0. The van der Waals surface area contributed by atoms with E-state index in [1.54, 1.807) is 10.6 Å². The molecule has 0 bridgehead atoms. The van der Waals surface area contributed by atoms with Crippen LogP contribution in [0.15, 0.2) is 52.1 Å². The van der Waals surface area contributed by atoms with E-state index in [2.05, 4.69) is 50.6 Å². The SMILES string of the molecule is Cc1cccc(C(=O)NC(C)c2nnc(SCC(=O)Nc3ccc(Br)cc3C(C)C)n2C)c1. The molecular weight excluding hydrogens is 502 g/mol. The minimum atomic E-state index is -0.338. The van der Waals surface area contributed by atoms with Gasteiger partial charge in [0, 0.05) is 22.8 Å². The fraction of sp³-hybridized carbons (Fsp3) is 0.333. The third-order valence-corrected chi connectivity index (χ3v) is 6.64. The molecule has 0 radical (unpaired) electrons. The van der Waals surface area contributed by atoms with Crippen LogP contribution < -0.4 is 10.6 Å². The Labute approximate surface area is 206 Å². The van der Waals surface area contributed by atoms with E-state index >= 15 is 0 Å². The van der Waals surface area contributed by atoms with E-state index in [-0.39, 0.29) is 29.5 Å². The lowest BCUT2D eigenvalue weighted by molar-refractivity contribution is -0.113. The van der Waals surface area contributed by atoms with Gasteiger partial charge in [-0.3, -0.25) is 9.59 Å². The van der Waals surface area contributed by atoms with Crippen LogP contribution >= 0.6 is 27.7 Å². The summed E-state index contributed by atoms with van der Waals surface area (Å²) in [5, 5.41) is 15.0. The third kappa shape index (κ3) is 6.45. The number of aryl methyl sites for hydroxylation is 1. The van der Waals surface area contributed by atoms with Gasteiger partial charge in [-0.25, -0.2) is 0 Å². The van der Waals surface area contributed by atoms with E-state index in [1.165, 1.54) is 11.8 Å². The molecule has 0 aliphatic heterocycles. The summed E-state index contributed by atoms with van der Waals surface area (Å²) in [6.07, 6.45) is 0. The molecule has 9 heteroatoms. The van der Waals surface area contributed by atoms with Crippen molar-refractivity contribution >= 4 is 45.2 Å². The summed E-state index contributed by atoms with van der Waals surface area (Å²) < 4.78 is 2.78. The quantitative estimate of drug-likeness (QED) is 0.390. The van der Waals surface area contributed by atoms with Crippen molar-refractivity contribution in [2.75, 3.05) is 11.1 Å². The largest absolute Gasteiger partial charge is 0.342 e. The highest BCUT2D eigenvalue weighted by atomic mass is 79.9. The number of aromatic nitrogens is 3. The standard InChI is InChI=1S/C24H28BrN5O2S/c1-14(2)19-12-18(25)9-10-20(19)27-21(31)13-33-24-29-28-22(30(24)5)16(4)26-23(32)17-8-6-7-15(3)11-17/h6-12,14,16H,13H2,1-5H3,(H,26,32)(H,27,31). The summed E-state index contributed by atoms with van der Waals surface area (Å²) in [5.74, 6) is 0.814. The van der Waals surface area contributed by atoms with Gasteiger partial charge in [-0.05, 0) is 55.7 Å². The summed E-state index contributed by atoms with van der Waals surface area (Å²) in [6.45, 7) is 7.99. The second-order valence-corrected chi connectivity index (χ2v) is 10.0. The monoisotopic (exact) mass is 529 g/mol. The van der Waals surface area contributed by atoms with Gasteiger partial charge in [0.2, 0.25) is 5.91 Å². The van der Waals surface area contributed by atoms with Crippen molar-refractivity contribution in [2.24, 2.45) is 7.05 Å². The van der Waals surface area contributed by atoms with Crippen LogP contribution in [0.1, 0.15) is 60.0 Å². The zero-order valence-corrected chi connectivity index (χ0v) is 21.8. The van der Waals surface area contributed by atoms with Gasteiger partial charge in [0.1, 0.15) is 0 Å². The van der Waals surface area contributed by atoms with Crippen molar-refractivity contribution in [3.05, 3.63) is 69.5 Å². The van der Waals surface area contributed by atoms with E-state index in [4.69, 9.17) is 0 Å². The Bertz CT molecular complexity index is 1160. The topological polar surface area (TPSA) is 88.9 Å². The molecule has 0 aliphatic carbocycles. The summed E-state index contributed by atoms with van der Waals surface area (Å²) in [7, 11) is 1.83. The molecule has 0 spiro atoms. The highest BCUT2D eigenvalue weighted by molar-refractivity contribution is 9.10. The molecule has 0 fully saturated rings. The lowest BCUT2D eigenvalue weighted by Crippen LogP contribution is -2.28. The van der Waals surface area contributed by atoms with Crippen LogP contribution in [0.5, 0.6) is 0 Å². The fourth-order valence-corrected chi connectivity index (χ4v) is 4.50. The zero-order chi connectivity index (χ0) is 24.1. The lowest BCUT2D eigenvalue weighted by atomic mass is 10.0. The average molecular weight is 530 g/mol. The number of halogens is 1. The van der Waals surface area contributed by atoms with Crippen LogP contribution in [-0.2, 0) is 11.8 Å². The normalized spacial score (nSPS) is 12.0. The van der Waals surface area contributed by atoms with Crippen molar-refractivity contribution in [1.29, 1.82) is 0 Å². The fourth-order valence-electron chi connectivity index (χ4n) is 3.40. The Hall–Kier alpha value is -2.65. The van der Waals surface area contributed by atoms with Crippen LogP contribution in [0.3, 0.4) is 0 Å². The molecule has 174 valence electrons. The number of hydrogen-bond acceptors (Lipinski definition) is 5. The van der Waals surface area contributed by atoms with Gasteiger partial charge >= 0.3 is 0 Å². The summed E-state index contributed by atoms with van der Waals surface area (Å²) in [6, 6.07) is 12.9. The first-order chi connectivity index (χ1) is 15.7. The molecule has 3 aromatic rings. The van der Waals surface area contributed by atoms with Gasteiger partial charge in [-0.2, -0.15) is 0 Å². The van der Waals surface area contributed by atoms with E-state index < -0.39 is 0 Å². The molecule has 1 unspecified atom stereocenters. The molecule has 2 N–H and O–H groups in total. The Morgan fingerprint density at radius 3 is 2.58 bits per heavy atom. The van der Waals surface area contributed by atoms with Crippen molar-refractivity contribution in [2.45, 2.75) is 44.8 Å². The van der Waals surface area contributed by atoms with Crippen LogP contribution in [0.25, 0.3) is 0 Å². The number of carbonyl (C=O) groups excluding carboxylic acids is 2. The molecule has 1 heterocycles. The third-order valence-electron chi connectivity index (χ3n) is 5.13. The maximum atomic E-state index is 12.6. The molecule has 1 atom stereocenters. The number of nitrogens with zero attached hydrogens (tertiary/aromatic N) is 3.